The van der Waals surface area contributed by atoms with Gasteiger partial charge in [-0.2, -0.15) is 0 Å². The Morgan fingerprint density at radius 2 is 2.05 bits per heavy atom. The number of nitrogens with one attached hydrogen (secondary N) is 1. The molecule has 116 valence electrons. The van der Waals surface area contributed by atoms with Gasteiger partial charge in [-0.25, -0.2) is 4.98 Å². The lowest BCUT2D eigenvalue weighted by atomic mass is 9.99. The molecule has 0 fully saturated rings. The summed E-state index contributed by atoms with van der Waals surface area (Å²) in [4.78, 5) is 27.2. The molecule has 6 nitrogen and oxygen atoms in total. The van der Waals surface area contributed by atoms with E-state index in [1.807, 2.05) is 37.3 Å². The maximum Gasteiger partial charge on any atom is 0.308 e. The van der Waals surface area contributed by atoms with Crippen LogP contribution in [-0.4, -0.2) is 28.5 Å². The van der Waals surface area contributed by atoms with Crippen molar-refractivity contribution >= 4 is 11.9 Å². The molecule has 0 saturated carbocycles. The highest BCUT2D eigenvalue weighted by atomic mass is 16.4. The molecule has 0 aliphatic carbocycles. The molecule has 22 heavy (non-hydrogen) atoms. The maximum absolute atomic E-state index is 12.0. The first-order chi connectivity index (χ1) is 10.6. The summed E-state index contributed by atoms with van der Waals surface area (Å²) in [6, 6.07) is 9.32. The van der Waals surface area contributed by atoms with Crippen LogP contribution in [0.5, 0.6) is 0 Å². The normalized spacial score (nSPS) is 11.9. The van der Waals surface area contributed by atoms with E-state index in [1.54, 1.807) is 0 Å². The van der Waals surface area contributed by atoms with Gasteiger partial charge in [0.25, 0.3) is 5.91 Å². The number of carbonyl (C=O) groups is 2. The lowest BCUT2D eigenvalue weighted by molar-refractivity contribution is -0.141. The van der Waals surface area contributed by atoms with Crippen molar-refractivity contribution < 1.29 is 19.1 Å². The number of carbonyl (C=O) groups excluding carboxylic acids is 1. The largest absolute Gasteiger partial charge is 0.481 e. The number of aliphatic carboxylic acids is 1. The lowest BCUT2D eigenvalue weighted by Gasteiger charge is -2.13. The molecule has 1 aromatic heterocycles. The lowest BCUT2D eigenvalue weighted by Crippen LogP contribution is -2.34. The third-order valence-corrected chi connectivity index (χ3v) is 3.36. The van der Waals surface area contributed by atoms with Crippen molar-refractivity contribution in [3.05, 3.63) is 53.7 Å². The van der Waals surface area contributed by atoms with Gasteiger partial charge >= 0.3 is 5.97 Å². The molecule has 2 N–H and O–H groups in total. The highest BCUT2D eigenvalue weighted by molar-refractivity contribution is 5.93. The Balaban J connectivity index is 1.97. The number of hydrogen-bond acceptors (Lipinski definition) is 4. The minimum Gasteiger partial charge on any atom is -0.481 e. The van der Waals surface area contributed by atoms with Gasteiger partial charge in [-0.1, -0.05) is 37.3 Å². The van der Waals surface area contributed by atoms with Crippen LogP contribution < -0.4 is 5.32 Å². The van der Waals surface area contributed by atoms with Gasteiger partial charge in [-0.15, -0.1) is 0 Å². The third-order valence-electron chi connectivity index (χ3n) is 3.36. The van der Waals surface area contributed by atoms with Gasteiger partial charge < -0.3 is 14.8 Å². The molecule has 0 aliphatic heterocycles. The first kappa shape index (κ1) is 15.8. The summed E-state index contributed by atoms with van der Waals surface area (Å²) < 4.78 is 5.10. The van der Waals surface area contributed by atoms with Crippen LogP contribution in [0.25, 0.3) is 0 Å². The quantitative estimate of drug-likeness (QED) is 0.815. The van der Waals surface area contributed by atoms with Crippen LogP contribution in [0.1, 0.15) is 28.7 Å². The van der Waals surface area contributed by atoms with Crippen molar-refractivity contribution in [3.63, 3.8) is 0 Å². The molecular weight excluding hydrogens is 284 g/mol. The van der Waals surface area contributed by atoms with Gasteiger partial charge in [0.15, 0.2) is 12.1 Å². The average molecular weight is 302 g/mol. The van der Waals surface area contributed by atoms with Crippen molar-refractivity contribution in [1.82, 2.24) is 10.3 Å². The molecule has 1 amide bonds. The number of amides is 1. The zero-order chi connectivity index (χ0) is 15.9. The minimum atomic E-state index is -0.944. The second-order valence-corrected chi connectivity index (χ2v) is 4.91. The standard InChI is InChI=1S/C16H18N2O4/c1-2-13-14(18-10-22-13)15(19)17-9-12(16(20)21)8-11-6-4-3-5-7-11/h3-7,10,12H,2,8-9H2,1H3,(H,17,19)(H,20,21). The van der Waals surface area contributed by atoms with Crippen LogP contribution in [0.15, 0.2) is 41.1 Å². The van der Waals surface area contributed by atoms with Crippen LogP contribution >= 0.6 is 0 Å². The molecule has 0 saturated heterocycles. The fraction of sp³-hybridized carbons (Fsp3) is 0.312. The van der Waals surface area contributed by atoms with Crippen LogP contribution in [-0.2, 0) is 17.6 Å². The zero-order valence-corrected chi connectivity index (χ0v) is 12.3. The van der Waals surface area contributed by atoms with E-state index in [9.17, 15) is 14.7 Å². The molecule has 6 heteroatoms. The van der Waals surface area contributed by atoms with Crippen LogP contribution in [0.3, 0.4) is 0 Å². The second kappa shape index (κ2) is 7.40. The van der Waals surface area contributed by atoms with Crippen molar-refractivity contribution in [3.8, 4) is 0 Å². The van der Waals surface area contributed by atoms with E-state index >= 15 is 0 Å². The fourth-order valence-corrected chi connectivity index (χ4v) is 2.15. The summed E-state index contributed by atoms with van der Waals surface area (Å²) in [7, 11) is 0. The van der Waals surface area contributed by atoms with Crippen molar-refractivity contribution in [2.24, 2.45) is 5.92 Å². The summed E-state index contributed by atoms with van der Waals surface area (Å²) in [6.45, 7) is 1.89. The number of benzene rings is 1. The van der Waals surface area contributed by atoms with Crippen molar-refractivity contribution in [2.45, 2.75) is 19.8 Å². The molecule has 0 bridgehead atoms. The fourth-order valence-electron chi connectivity index (χ4n) is 2.15. The van der Waals surface area contributed by atoms with E-state index in [0.29, 0.717) is 18.6 Å². The molecular formula is C16H18N2O4. The Bertz CT molecular complexity index is 637. The van der Waals surface area contributed by atoms with Crippen molar-refractivity contribution in [1.29, 1.82) is 0 Å². The van der Waals surface area contributed by atoms with Crippen LogP contribution in [0.2, 0.25) is 0 Å². The summed E-state index contributed by atoms with van der Waals surface area (Å²) in [5, 5.41) is 11.9. The van der Waals surface area contributed by atoms with Crippen LogP contribution in [0, 0.1) is 5.92 Å². The minimum absolute atomic E-state index is 0.0407. The predicted octanol–water partition coefficient (Wildman–Crippen LogP) is 1.91. The highest BCUT2D eigenvalue weighted by Gasteiger charge is 2.21. The van der Waals surface area contributed by atoms with E-state index in [-0.39, 0.29) is 12.2 Å². The summed E-state index contributed by atoms with van der Waals surface area (Å²) in [5.41, 5.74) is 1.13. The summed E-state index contributed by atoms with van der Waals surface area (Å²) in [5.74, 6) is -1.55. The molecule has 1 atom stereocenters. The Morgan fingerprint density at radius 1 is 1.32 bits per heavy atom. The number of oxazole rings is 1. The van der Waals surface area contributed by atoms with E-state index in [2.05, 4.69) is 10.3 Å². The Morgan fingerprint density at radius 3 is 2.68 bits per heavy atom. The maximum atomic E-state index is 12.0. The van der Waals surface area contributed by atoms with Gasteiger partial charge in [0.2, 0.25) is 0 Å². The number of hydrogen-bond donors (Lipinski definition) is 2. The summed E-state index contributed by atoms with van der Waals surface area (Å²) in [6.07, 6.45) is 2.12. The van der Waals surface area contributed by atoms with Crippen molar-refractivity contribution in [2.75, 3.05) is 6.54 Å². The van der Waals surface area contributed by atoms with Gasteiger partial charge in [0.05, 0.1) is 5.92 Å². The van der Waals surface area contributed by atoms with Gasteiger partial charge in [-0.3, -0.25) is 9.59 Å². The topological polar surface area (TPSA) is 92.4 Å². The molecule has 1 aromatic carbocycles. The van der Waals surface area contributed by atoms with E-state index in [0.717, 1.165) is 5.56 Å². The SMILES string of the molecule is CCc1ocnc1C(=O)NCC(Cc1ccccc1)C(=O)O. The number of nitrogens with zero attached hydrogens (tertiary/aromatic N) is 1. The molecule has 2 aromatic rings. The molecule has 1 heterocycles. The summed E-state index contributed by atoms with van der Waals surface area (Å²) >= 11 is 0. The number of carboxylic acids is 1. The number of aromatic nitrogens is 1. The Hall–Kier alpha value is -2.63. The van der Waals surface area contributed by atoms with E-state index < -0.39 is 17.8 Å². The Labute approximate surface area is 128 Å². The molecule has 1 unspecified atom stereocenters. The smallest absolute Gasteiger partial charge is 0.308 e. The molecule has 2 rings (SSSR count). The third kappa shape index (κ3) is 3.94. The van der Waals surface area contributed by atoms with Gasteiger partial charge in [-0.05, 0) is 12.0 Å². The molecule has 0 aliphatic rings. The molecule has 0 radical (unpaired) electrons. The number of carboxylic acid groups (broad SMARTS) is 1. The first-order valence-electron chi connectivity index (χ1n) is 7.09. The highest BCUT2D eigenvalue weighted by Crippen LogP contribution is 2.10. The predicted molar refractivity (Wildman–Crippen MR) is 79.5 cm³/mol. The van der Waals surface area contributed by atoms with Crippen LogP contribution in [0.4, 0.5) is 0 Å². The monoisotopic (exact) mass is 302 g/mol. The van der Waals surface area contributed by atoms with Gasteiger partial charge in [0, 0.05) is 13.0 Å². The zero-order valence-electron chi connectivity index (χ0n) is 12.3. The Kier molecular flexibility index (Phi) is 5.30. The second-order valence-electron chi connectivity index (χ2n) is 4.91. The van der Waals surface area contributed by atoms with E-state index in [1.165, 1.54) is 6.39 Å². The number of rotatable bonds is 7. The average Bonchev–Trinajstić information content (AvgIpc) is 3.00. The molecule has 0 spiro atoms. The first-order valence-corrected chi connectivity index (χ1v) is 7.09. The number of aryl methyl sites for hydroxylation is 1. The van der Waals surface area contributed by atoms with E-state index in [4.69, 9.17) is 4.42 Å². The van der Waals surface area contributed by atoms with Gasteiger partial charge in [0.1, 0.15) is 5.76 Å².